The average molecular weight is 402 g/mol. The Bertz CT molecular complexity index is 1170. The zero-order chi connectivity index (χ0) is 21.7. The Morgan fingerprint density at radius 2 is 1.80 bits per heavy atom. The number of carbonyl (C=O) groups excluding carboxylic acids is 1. The fourth-order valence-corrected chi connectivity index (χ4v) is 3.26. The van der Waals surface area contributed by atoms with Crippen molar-refractivity contribution in [2.45, 2.75) is 26.8 Å². The van der Waals surface area contributed by atoms with Crippen molar-refractivity contribution in [3.63, 3.8) is 0 Å². The van der Waals surface area contributed by atoms with Crippen LogP contribution in [-0.4, -0.2) is 22.1 Å². The second-order valence-corrected chi connectivity index (χ2v) is 6.86. The van der Waals surface area contributed by atoms with Gasteiger partial charge in [0.1, 0.15) is 17.4 Å². The minimum Gasteiger partial charge on any atom is -0.494 e. The van der Waals surface area contributed by atoms with E-state index in [1.807, 2.05) is 31.2 Å². The molecule has 0 spiro atoms. The number of nitrogens with zero attached hydrogens (tertiary/aromatic N) is 2. The third-order valence-corrected chi connectivity index (χ3v) is 4.80. The quantitative estimate of drug-likeness (QED) is 0.607. The number of nitriles is 1. The minimum atomic E-state index is -0.636. The first-order chi connectivity index (χ1) is 14.5. The van der Waals surface area contributed by atoms with E-state index in [-0.39, 0.29) is 28.8 Å². The van der Waals surface area contributed by atoms with Crippen molar-refractivity contribution in [2.75, 3.05) is 6.61 Å². The van der Waals surface area contributed by atoms with Gasteiger partial charge in [0.25, 0.3) is 5.56 Å². The molecule has 6 heteroatoms. The molecule has 3 rings (SSSR count). The first-order valence-electron chi connectivity index (χ1n) is 9.66. The summed E-state index contributed by atoms with van der Waals surface area (Å²) in [5.41, 5.74) is 0.294. The third-order valence-electron chi connectivity index (χ3n) is 4.80. The first kappa shape index (κ1) is 20.9. The predicted molar refractivity (Wildman–Crippen MR) is 113 cm³/mol. The van der Waals surface area contributed by atoms with E-state index in [0.29, 0.717) is 12.4 Å². The van der Waals surface area contributed by atoms with Gasteiger partial charge < -0.3 is 9.84 Å². The summed E-state index contributed by atoms with van der Waals surface area (Å²) in [6.45, 7) is 3.93. The summed E-state index contributed by atoms with van der Waals surface area (Å²) in [5.74, 6) is -0.576. The fraction of sp³-hybridized carbons (Fsp3) is 0.208. The molecule has 0 atom stereocenters. The molecule has 1 N–H and O–H groups in total. The maximum absolute atomic E-state index is 13.4. The number of pyridine rings is 1. The van der Waals surface area contributed by atoms with Crippen LogP contribution in [0.2, 0.25) is 0 Å². The van der Waals surface area contributed by atoms with Gasteiger partial charge in [-0.2, -0.15) is 5.26 Å². The molecule has 30 heavy (non-hydrogen) atoms. The van der Waals surface area contributed by atoms with Gasteiger partial charge in [-0.3, -0.25) is 14.2 Å². The summed E-state index contributed by atoms with van der Waals surface area (Å²) in [6, 6.07) is 17.7. The van der Waals surface area contributed by atoms with Gasteiger partial charge in [-0.25, -0.2) is 0 Å². The van der Waals surface area contributed by atoms with Gasteiger partial charge in [-0.1, -0.05) is 49.4 Å². The number of carbonyl (C=O) groups is 1. The van der Waals surface area contributed by atoms with Crippen molar-refractivity contribution in [1.29, 1.82) is 5.26 Å². The molecule has 6 nitrogen and oxygen atoms in total. The Morgan fingerprint density at radius 3 is 2.47 bits per heavy atom. The van der Waals surface area contributed by atoms with Crippen molar-refractivity contribution in [3.8, 4) is 17.7 Å². The van der Waals surface area contributed by atoms with Gasteiger partial charge >= 0.3 is 0 Å². The number of ether oxygens (including phenoxy) is 1. The van der Waals surface area contributed by atoms with Crippen LogP contribution in [0.15, 0.2) is 59.4 Å². The molecule has 1 heterocycles. The molecule has 3 aromatic rings. The number of hydrogen-bond acceptors (Lipinski definition) is 5. The van der Waals surface area contributed by atoms with Crippen LogP contribution in [0.4, 0.5) is 0 Å². The van der Waals surface area contributed by atoms with Crippen LogP contribution in [0, 0.1) is 18.3 Å². The Hall–Kier alpha value is -3.85. The lowest BCUT2D eigenvalue weighted by Crippen LogP contribution is -2.27. The number of ketones is 1. The molecule has 0 aliphatic heterocycles. The summed E-state index contributed by atoms with van der Waals surface area (Å²) in [5, 5.41) is 20.5. The molecular weight excluding hydrogens is 380 g/mol. The van der Waals surface area contributed by atoms with Crippen molar-refractivity contribution in [3.05, 3.63) is 92.8 Å². The molecule has 0 radical (unpaired) electrons. The van der Waals surface area contributed by atoms with Crippen LogP contribution in [0.3, 0.4) is 0 Å². The van der Waals surface area contributed by atoms with E-state index in [1.165, 1.54) is 6.92 Å². The van der Waals surface area contributed by atoms with Crippen molar-refractivity contribution in [1.82, 2.24) is 4.57 Å². The van der Waals surface area contributed by atoms with Gasteiger partial charge in [0.2, 0.25) is 11.7 Å². The Labute approximate surface area is 174 Å². The summed E-state index contributed by atoms with van der Waals surface area (Å²) in [7, 11) is 0. The van der Waals surface area contributed by atoms with Crippen LogP contribution in [0.25, 0.3) is 0 Å². The number of aromatic hydroxyl groups is 1. The topological polar surface area (TPSA) is 92.3 Å². The smallest absolute Gasteiger partial charge is 0.271 e. The number of benzene rings is 2. The zero-order valence-electron chi connectivity index (χ0n) is 16.9. The van der Waals surface area contributed by atoms with E-state index in [1.54, 1.807) is 36.4 Å². The Kier molecular flexibility index (Phi) is 6.33. The molecular formula is C24H22N2O4. The van der Waals surface area contributed by atoms with Crippen LogP contribution < -0.4 is 10.3 Å². The highest BCUT2D eigenvalue weighted by molar-refractivity contribution is 6.13. The molecule has 0 amide bonds. The first-order valence-corrected chi connectivity index (χ1v) is 9.66. The minimum absolute atomic E-state index is 0.0364. The molecule has 0 saturated carbocycles. The van der Waals surface area contributed by atoms with Gasteiger partial charge in [0, 0.05) is 0 Å². The predicted octanol–water partition coefficient (Wildman–Crippen LogP) is 3.80. The molecule has 152 valence electrons. The molecule has 0 unspecified atom stereocenters. The summed E-state index contributed by atoms with van der Waals surface area (Å²) < 4.78 is 6.74. The van der Waals surface area contributed by atoms with E-state index in [0.717, 1.165) is 16.6 Å². The Morgan fingerprint density at radius 1 is 1.13 bits per heavy atom. The number of hydrogen-bond donors (Lipinski definition) is 1. The summed E-state index contributed by atoms with van der Waals surface area (Å²) >= 11 is 0. The van der Waals surface area contributed by atoms with E-state index in [9.17, 15) is 20.0 Å². The number of para-hydroxylation sites is 1. The van der Waals surface area contributed by atoms with Crippen molar-refractivity contribution in [2.24, 2.45) is 0 Å². The highest BCUT2D eigenvalue weighted by Crippen LogP contribution is 2.29. The second-order valence-electron chi connectivity index (χ2n) is 6.86. The normalized spacial score (nSPS) is 10.4. The average Bonchev–Trinajstić information content (AvgIpc) is 2.76. The molecule has 0 saturated heterocycles. The van der Waals surface area contributed by atoms with E-state index < -0.39 is 17.2 Å². The van der Waals surface area contributed by atoms with Crippen LogP contribution >= 0.6 is 0 Å². The molecule has 0 bridgehead atoms. The van der Waals surface area contributed by atoms with E-state index in [4.69, 9.17) is 4.74 Å². The maximum atomic E-state index is 13.4. The lowest BCUT2D eigenvalue weighted by atomic mass is 9.96. The highest BCUT2D eigenvalue weighted by Gasteiger charge is 2.26. The molecule has 0 aliphatic carbocycles. The third kappa shape index (κ3) is 3.96. The van der Waals surface area contributed by atoms with E-state index in [2.05, 4.69) is 0 Å². The molecule has 2 aromatic carbocycles. The second kappa shape index (κ2) is 9.10. The maximum Gasteiger partial charge on any atom is 0.271 e. The number of rotatable bonds is 7. The van der Waals surface area contributed by atoms with E-state index >= 15 is 0 Å². The SMILES string of the molecule is CCCOc1ccccc1C(=O)c1c(C)c(C#N)c(=O)n(Cc2ccccc2)c1O. The van der Waals surface area contributed by atoms with Crippen molar-refractivity contribution >= 4 is 5.78 Å². The van der Waals surface area contributed by atoms with Gasteiger partial charge in [-0.05, 0) is 36.6 Å². The van der Waals surface area contributed by atoms with Gasteiger partial charge in [0.15, 0.2) is 0 Å². The lowest BCUT2D eigenvalue weighted by molar-refractivity contribution is 0.103. The fourth-order valence-electron chi connectivity index (χ4n) is 3.26. The number of aromatic nitrogens is 1. The van der Waals surface area contributed by atoms with Gasteiger partial charge in [-0.15, -0.1) is 0 Å². The standard InChI is InChI=1S/C24H22N2O4/c1-3-13-30-20-12-8-7-11-18(20)22(27)21-16(2)19(14-25)23(28)26(24(21)29)15-17-9-5-4-6-10-17/h4-12,29H,3,13,15H2,1-2H3. The van der Waals surface area contributed by atoms with Crippen molar-refractivity contribution < 1.29 is 14.6 Å². The Balaban J connectivity index is 2.18. The molecule has 0 fully saturated rings. The largest absolute Gasteiger partial charge is 0.494 e. The molecule has 0 aliphatic rings. The van der Waals surface area contributed by atoms with Crippen LogP contribution in [-0.2, 0) is 6.54 Å². The van der Waals surface area contributed by atoms with Gasteiger partial charge in [0.05, 0.1) is 24.3 Å². The summed E-state index contributed by atoms with van der Waals surface area (Å²) in [4.78, 5) is 26.2. The summed E-state index contributed by atoms with van der Waals surface area (Å²) in [6.07, 6.45) is 0.771. The monoisotopic (exact) mass is 402 g/mol. The lowest BCUT2D eigenvalue weighted by Gasteiger charge is -2.17. The zero-order valence-corrected chi connectivity index (χ0v) is 16.9. The van der Waals surface area contributed by atoms with Crippen LogP contribution in [0.5, 0.6) is 11.6 Å². The highest BCUT2D eigenvalue weighted by atomic mass is 16.5. The van der Waals surface area contributed by atoms with Crippen LogP contribution in [0.1, 0.15) is 46.0 Å². The molecule has 1 aromatic heterocycles.